The van der Waals surface area contributed by atoms with Crippen LogP contribution in [-0.2, 0) is 0 Å². The number of imide groups is 1. The van der Waals surface area contributed by atoms with Gasteiger partial charge in [0.05, 0.1) is 0 Å². The molecule has 0 bridgehead atoms. The van der Waals surface area contributed by atoms with Crippen LogP contribution in [0.5, 0.6) is 5.75 Å². The van der Waals surface area contributed by atoms with Gasteiger partial charge in [0.25, 0.3) is 5.91 Å². The van der Waals surface area contributed by atoms with Gasteiger partial charge in [-0.2, -0.15) is 0 Å². The third-order valence-corrected chi connectivity index (χ3v) is 5.94. The van der Waals surface area contributed by atoms with Gasteiger partial charge in [0.1, 0.15) is 11.9 Å². The van der Waals surface area contributed by atoms with Gasteiger partial charge in [-0.1, -0.05) is 45.4 Å². The standard InChI is InChI=1S/C25H32N2O3/c1-16(2)21-12-10-17(3)14-23(21)30-22-13-11-20(15-18(22)4)26-25(29)27-24(28)19-8-6-5-7-9-19/h5-9,11,13,15-17,21,23H,10,12,14H2,1-4H3,(H2,26,27,28,29). The molecular formula is C25H32N2O3. The van der Waals surface area contributed by atoms with E-state index in [9.17, 15) is 9.59 Å². The molecule has 3 rings (SSSR count). The second-order valence-corrected chi connectivity index (χ2v) is 8.74. The Morgan fingerprint density at radius 2 is 1.80 bits per heavy atom. The van der Waals surface area contributed by atoms with Gasteiger partial charge < -0.3 is 10.1 Å². The maximum absolute atomic E-state index is 12.2. The molecule has 2 aromatic carbocycles. The van der Waals surface area contributed by atoms with Crippen molar-refractivity contribution in [1.29, 1.82) is 0 Å². The number of anilines is 1. The van der Waals surface area contributed by atoms with Crippen LogP contribution >= 0.6 is 0 Å². The topological polar surface area (TPSA) is 67.4 Å². The summed E-state index contributed by atoms with van der Waals surface area (Å²) in [5, 5.41) is 5.07. The lowest BCUT2D eigenvalue weighted by Crippen LogP contribution is -2.36. The van der Waals surface area contributed by atoms with Crippen molar-refractivity contribution in [3.8, 4) is 5.75 Å². The van der Waals surface area contributed by atoms with Crippen molar-refractivity contribution in [2.75, 3.05) is 5.32 Å². The van der Waals surface area contributed by atoms with Crippen LogP contribution in [0.4, 0.5) is 10.5 Å². The number of carbonyl (C=O) groups is 2. The van der Waals surface area contributed by atoms with Gasteiger partial charge in [0.15, 0.2) is 0 Å². The van der Waals surface area contributed by atoms with E-state index in [0.717, 1.165) is 17.7 Å². The molecule has 0 saturated heterocycles. The lowest BCUT2D eigenvalue weighted by molar-refractivity contribution is 0.0455. The lowest BCUT2D eigenvalue weighted by Gasteiger charge is -2.37. The fourth-order valence-electron chi connectivity index (χ4n) is 4.20. The molecule has 0 aromatic heterocycles. The molecule has 0 spiro atoms. The number of carbonyl (C=O) groups excluding carboxylic acids is 2. The molecule has 1 aliphatic rings. The molecule has 3 unspecified atom stereocenters. The molecule has 2 aromatic rings. The fraction of sp³-hybridized carbons (Fsp3) is 0.440. The van der Waals surface area contributed by atoms with E-state index in [1.54, 1.807) is 24.3 Å². The van der Waals surface area contributed by atoms with Crippen LogP contribution in [0.2, 0.25) is 0 Å². The first-order chi connectivity index (χ1) is 14.3. The highest BCUT2D eigenvalue weighted by Gasteiger charge is 2.32. The van der Waals surface area contributed by atoms with Gasteiger partial charge in [-0.05, 0) is 73.4 Å². The van der Waals surface area contributed by atoms with Crippen LogP contribution in [-0.4, -0.2) is 18.0 Å². The minimum atomic E-state index is -0.558. The molecule has 5 nitrogen and oxygen atoms in total. The number of nitrogens with one attached hydrogen (secondary N) is 2. The van der Waals surface area contributed by atoms with E-state index in [-0.39, 0.29) is 6.10 Å². The largest absolute Gasteiger partial charge is 0.490 e. The Morgan fingerprint density at radius 3 is 2.47 bits per heavy atom. The maximum atomic E-state index is 12.2. The number of amides is 3. The van der Waals surface area contributed by atoms with Gasteiger partial charge in [-0.15, -0.1) is 0 Å². The molecule has 3 amide bonds. The third-order valence-electron chi connectivity index (χ3n) is 5.94. The van der Waals surface area contributed by atoms with Crippen LogP contribution in [0.1, 0.15) is 56.0 Å². The molecule has 0 aliphatic heterocycles. The quantitative estimate of drug-likeness (QED) is 0.657. The molecule has 5 heteroatoms. The summed E-state index contributed by atoms with van der Waals surface area (Å²) >= 11 is 0. The van der Waals surface area contributed by atoms with E-state index in [0.29, 0.717) is 29.0 Å². The van der Waals surface area contributed by atoms with Crippen molar-refractivity contribution < 1.29 is 14.3 Å². The number of benzene rings is 2. The predicted molar refractivity (Wildman–Crippen MR) is 120 cm³/mol. The Labute approximate surface area is 179 Å². The zero-order valence-electron chi connectivity index (χ0n) is 18.3. The summed E-state index contributed by atoms with van der Waals surface area (Å²) < 4.78 is 6.43. The molecular weight excluding hydrogens is 376 g/mol. The van der Waals surface area contributed by atoms with E-state index in [1.165, 1.54) is 12.8 Å². The minimum absolute atomic E-state index is 0.220. The highest BCUT2D eigenvalue weighted by atomic mass is 16.5. The van der Waals surface area contributed by atoms with Crippen molar-refractivity contribution >= 4 is 17.6 Å². The second-order valence-electron chi connectivity index (χ2n) is 8.74. The molecule has 0 radical (unpaired) electrons. The van der Waals surface area contributed by atoms with E-state index in [1.807, 2.05) is 31.2 Å². The van der Waals surface area contributed by atoms with Gasteiger partial charge >= 0.3 is 6.03 Å². The van der Waals surface area contributed by atoms with E-state index in [2.05, 4.69) is 31.4 Å². The maximum Gasteiger partial charge on any atom is 0.326 e. The van der Waals surface area contributed by atoms with Gasteiger partial charge in [-0.25, -0.2) is 4.79 Å². The summed E-state index contributed by atoms with van der Waals surface area (Å²) in [5.41, 5.74) is 2.02. The number of ether oxygens (including phenoxy) is 1. The predicted octanol–water partition coefficient (Wildman–Crippen LogP) is 5.80. The highest BCUT2D eigenvalue weighted by molar-refractivity contribution is 6.07. The van der Waals surface area contributed by atoms with Crippen LogP contribution in [0.3, 0.4) is 0 Å². The van der Waals surface area contributed by atoms with Crippen LogP contribution in [0, 0.1) is 24.7 Å². The summed E-state index contributed by atoms with van der Waals surface area (Å²) in [6, 6.07) is 13.7. The van der Waals surface area contributed by atoms with E-state index >= 15 is 0 Å². The first-order valence-electron chi connectivity index (χ1n) is 10.8. The lowest BCUT2D eigenvalue weighted by atomic mass is 9.75. The number of hydrogen-bond donors (Lipinski definition) is 2. The fourth-order valence-corrected chi connectivity index (χ4v) is 4.20. The van der Waals surface area contributed by atoms with Crippen molar-refractivity contribution in [3.05, 3.63) is 59.7 Å². The Bertz CT molecular complexity index is 879. The number of aryl methyl sites for hydroxylation is 1. The SMILES string of the molecule is Cc1cc(NC(=O)NC(=O)c2ccccc2)ccc1OC1CC(C)CCC1C(C)C. The smallest absolute Gasteiger partial charge is 0.326 e. The second kappa shape index (κ2) is 9.79. The summed E-state index contributed by atoms with van der Waals surface area (Å²) in [6.45, 7) is 8.81. The Morgan fingerprint density at radius 1 is 1.07 bits per heavy atom. The molecule has 1 saturated carbocycles. The normalized spacial score (nSPS) is 21.2. The summed E-state index contributed by atoms with van der Waals surface area (Å²) in [7, 11) is 0. The Hall–Kier alpha value is -2.82. The number of hydrogen-bond acceptors (Lipinski definition) is 3. The molecule has 160 valence electrons. The minimum Gasteiger partial charge on any atom is -0.490 e. The molecule has 1 aliphatic carbocycles. The highest BCUT2D eigenvalue weighted by Crippen LogP contribution is 2.37. The van der Waals surface area contributed by atoms with Crippen molar-refractivity contribution in [2.24, 2.45) is 17.8 Å². The zero-order valence-corrected chi connectivity index (χ0v) is 18.3. The first kappa shape index (κ1) is 21.9. The summed E-state index contributed by atoms with van der Waals surface area (Å²) in [6.07, 6.45) is 3.77. The van der Waals surface area contributed by atoms with Crippen LogP contribution in [0.25, 0.3) is 0 Å². The summed E-state index contributed by atoms with van der Waals surface area (Å²) in [4.78, 5) is 24.3. The van der Waals surface area contributed by atoms with Gasteiger partial charge in [0.2, 0.25) is 0 Å². The molecule has 2 N–H and O–H groups in total. The molecule has 3 atom stereocenters. The van der Waals surface area contributed by atoms with Crippen molar-refractivity contribution in [3.63, 3.8) is 0 Å². The number of urea groups is 1. The first-order valence-corrected chi connectivity index (χ1v) is 10.8. The van der Waals surface area contributed by atoms with Gasteiger partial charge in [-0.3, -0.25) is 10.1 Å². The third kappa shape index (κ3) is 5.62. The average molecular weight is 409 g/mol. The Balaban J connectivity index is 1.62. The van der Waals surface area contributed by atoms with Crippen LogP contribution in [0.15, 0.2) is 48.5 Å². The zero-order chi connectivity index (χ0) is 21.7. The summed E-state index contributed by atoms with van der Waals surface area (Å²) in [5.74, 6) is 2.25. The average Bonchev–Trinajstić information content (AvgIpc) is 2.70. The monoisotopic (exact) mass is 408 g/mol. The molecule has 30 heavy (non-hydrogen) atoms. The van der Waals surface area contributed by atoms with Crippen molar-refractivity contribution in [2.45, 2.75) is 53.1 Å². The van der Waals surface area contributed by atoms with Crippen LogP contribution < -0.4 is 15.4 Å². The molecule has 1 fully saturated rings. The van der Waals surface area contributed by atoms with Gasteiger partial charge in [0, 0.05) is 11.3 Å². The molecule has 0 heterocycles. The number of rotatable bonds is 5. The van der Waals surface area contributed by atoms with E-state index in [4.69, 9.17) is 4.74 Å². The Kier molecular flexibility index (Phi) is 7.14. The van der Waals surface area contributed by atoms with Crippen molar-refractivity contribution in [1.82, 2.24) is 5.32 Å². The van der Waals surface area contributed by atoms with E-state index < -0.39 is 11.9 Å².